The van der Waals surface area contributed by atoms with Gasteiger partial charge in [0, 0.05) is 11.8 Å². The molecule has 0 amide bonds. The Kier molecular flexibility index (Phi) is 3.68. The van der Waals surface area contributed by atoms with Crippen LogP contribution in [0.5, 0.6) is 5.75 Å². The van der Waals surface area contributed by atoms with Crippen LogP contribution in [0.15, 0.2) is 18.2 Å². The molecule has 0 fully saturated rings. The normalized spacial score (nSPS) is 11.5. The first kappa shape index (κ1) is 12.0. The van der Waals surface area contributed by atoms with Crippen LogP contribution in [0.1, 0.15) is 5.56 Å². The lowest BCUT2D eigenvalue weighted by atomic mass is 10.2. The zero-order valence-electron chi connectivity index (χ0n) is 7.64. The van der Waals surface area contributed by atoms with Crippen LogP contribution in [0, 0.1) is 0 Å². The van der Waals surface area contributed by atoms with Gasteiger partial charge in [-0.1, -0.05) is 0 Å². The van der Waals surface area contributed by atoms with E-state index in [2.05, 4.69) is 0 Å². The largest absolute Gasteiger partial charge is 0.492 e. The van der Waals surface area contributed by atoms with Crippen molar-refractivity contribution < 1.29 is 17.9 Å². The van der Waals surface area contributed by atoms with Crippen molar-refractivity contribution in [3.63, 3.8) is 0 Å². The third-order valence-corrected chi connectivity index (χ3v) is 1.76. The van der Waals surface area contributed by atoms with Crippen LogP contribution in [0.2, 0.25) is 0 Å². The third kappa shape index (κ3) is 3.51. The Morgan fingerprint density at radius 3 is 2.47 bits per heavy atom. The molecule has 0 heterocycles. The Labute approximate surface area is 89.8 Å². The van der Waals surface area contributed by atoms with Crippen molar-refractivity contribution in [1.29, 1.82) is 0 Å². The van der Waals surface area contributed by atoms with Gasteiger partial charge in [0.05, 0.1) is 11.4 Å². The van der Waals surface area contributed by atoms with Crippen LogP contribution in [-0.4, -0.2) is 12.5 Å². The fourth-order valence-electron chi connectivity index (χ4n) is 1.03. The fourth-order valence-corrected chi connectivity index (χ4v) is 1.10. The van der Waals surface area contributed by atoms with E-state index in [0.29, 0.717) is 0 Å². The summed E-state index contributed by atoms with van der Waals surface area (Å²) in [4.78, 5) is 0. The van der Waals surface area contributed by atoms with Crippen molar-refractivity contribution in [2.75, 3.05) is 18.2 Å². The van der Waals surface area contributed by atoms with E-state index in [4.69, 9.17) is 22.1 Å². The topological polar surface area (TPSA) is 35.2 Å². The maximum atomic E-state index is 12.3. The fraction of sp³-hybridized carbons (Fsp3) is 0.333. The van der Waals surface area contributed by atoms with Gasteiger partial charge >= 0.3 is 6.18 Å². The van der Waals surface area contributed by atoms with Crippen molar-refractivity contribution in [2.45, 2.75) is 6.18 Å². The molecule has 2 N–H and O–H groups in total. The zero-order valence-corrected chi connectivity index (χ0v) is 8.40. The average Bonchev–Trinajstić information content (AvgIpc) is 2.12. The summed E-state index contributed by atoms with van der Waals surface area (Å²) in [5, 5.41) is 0. The van der Waals surface area contributed by atoms with Crippen LogP contribution in [0.3, 0.4) is 0 Å². The van der Waals surface area contributed by atoms with Crippen LogP contribution >= 0.6 is 11.6 Å². The van der Waals surface area contributed by atoms with E-state index >= 15 is 0 Å². The van der Waals surface area contributed by atoms with Gasteiger partial charge in [0.15, 0.2) is 0 Å². The van der Waals surface area contributed by atoms with Crippen molar-refractivity contribution in [2.24, 2.45) is 0 Å². The molecule has 15 heavy (non-hydrogen) atoms. The first-order valence-corrected chi connectivity index (χ1v) is 4.63. The average molecular weight is 240 g/mol. The molecule has 0 bridgehead atoms. The highest BCUT2D eigenvalue weighted by Crippen LogP contribution is 2.33. The molecule has 1 rings (SSSR count). The molecule has 0 aliphatic rings. The number of nitrogens with two attached hydrogens (primary N) is 1. The minimum atomic E-state index is -4.42. The van der Waals surface area contributed by atoms with Gasteiger partial charge in [-0.3, -0.25) is 0 Å². The van der Waals surface area contributed by atoms with Gasteiger partial charge in [-0.25, -0.2) is 0 Å². The lowest BCUT2D eigenvalue weighted by molar-refractivity contribution is -0.137. The number of hydrogen-bond donors (Lipinski definition) is 1. The number of rotatable bonds is 3. The summed E-state index contributed by atoms with van der Waals surface area (Å²) in [5.41, 5.74) is 4.50. The highest BCUT2D eigenvalue weighted by Gasteiger charge is 2.31. The summed E-state index contributed by atoms with van der Waals surface area (Å²) < 4.78 is 42.0. The highest BCUT2D eigenvalue weighted by atomic mass is 35.5. The van der Waals surface area contributed by atoms with E-state index in [1.165, 1.54) is 6.07 Å². The quantitative estimate of drug-likeness (QED) is 0.650. The van der Waals surface area contributed by atoms with Crippen molar-refractivity contribution in [3.8, 4) is 5.75 Å². The van der Waals surface area contributed by atoms with E-state index in [1.54, 1.807) is 0 Å². The van der Waals surface area contributed by atoms with Crippen molar-refractivity contribution >= 4 is 17.3 Å². The van der Waals surface area contributed by atoms with Crippen molar-refractivity contribution in [3.05, 3.63) is 23.8 Å². The van der Waals surface area contributed by atoms with Crippen LogP contribution < -0.4 is 10.5 Å². The second-order valence-corrected chi connectivity index (χ2v) is 3.20. The van der Waals surface area contributed by atoms with E-state index in [1.807, 2.05) is 0 Å². The molecule has 1 aromatic carbocycles. The maximum absolute atomic E-state index is 12.3. The van der Waals surface area contributed by atoms with Gasteiger partial charge in [0.25, 0.3) is 0 Å². The number of halogens is 4. The molecule has 0 spiro atoms. The van der Waals surface area contributed by atoms with Crippen LogP contribution in [0.4, 0.5) is 18.9 Å². The Morgan fingerprint density at radius 2 is 1.93 bits per heavy atom. The molecule has 0 aromatic heterocycles. The molecule has 0 aliphatic heterocycles. The summed E-state index contributed by atoms with van der Waals surface area (Å²) in [7, 11) is 0. The highest BCUT2D eigenvalue weighted by molar-refractivity contribution is 6.18. The van der Waals surface area contributed by atoms with Crippen molar-refractivity contribution in [1.82, 2.24) is 0 Å². The van der Waals surface area contributed by atoms with Gasteiger partial charge in [-0.15, -0.1) is 11.6 Å². The lowest BCUT2D eigenvalue weighted by Gasteiger charge is -2.10. The molecule has 6 heteroatoms. The SMILES string of the molecule is Nc1cc(OCCCl)cc(C(F)(F)F)c1. The molecular weight excluding hydrogens is 231 g/mol. The minimum absolute atomic E-state index is 0.00870. The second-order valence-electron chi connectivity index (χ2n) is 2.83. The number of benzene rings is 1. The molecular formula is C9H9ClF3NO. The van der Waals surface area contributed by atoms with Gasteiger partial charge in [0.2, 0.25) is 0 Å². The molecule has 0 radical (unpaired) electrons. The molecule has 1 aromatic rings. The van der Waals surface area contributed by atoms with Gasteiger partial charge in [-0.05, 0) is 12.1 Å². The van der Waals surface area contributed by atoms with Gasteiger partial charge in [0.1, 0.15) is 12.4 Å². The Bertz CT molecular complexity index is 341. The van der Waals surface area contributed by atoms with E-state index in [-0.39, 0.29) is 23.9 Å². The van der Waals surface area contributed by atoms with Gasteiger partial charge in [-0.2, -0.15) is 13.2 Å². The number of alkyl halides is 4. The Morgan fingerprint density at radius 1 is 1.27 bits per heavy atom. The predicted molar refractivity (Wildman–Crippen MR) is 52.1 cm³/mol. The first-order chi connectivity index (χ1) is 6.93. The van der Waals surface area contributed by atoms with E-state index in [0.717, 1.165) is 12.1 Å². The summed E-state index contributed by atoms with van der Waals surface area (Å²) >= 11 is 5.34. The Balaban J connectivity index is 2.95. The second kappa shape index (κ2) is 4.61. The third-order valence-electron chi connectivity index (χ3n) is 1.60. The summed E-state index contributed by atoms with van der Waals surface area (Å²) in [6, 6.07) is 3.07. The number of hydrogen-bond acceptors (Lipinski definition) is 2. The number of anilines is 1. The number of ether oxygens (including phenoxy) is 1. The van der Waals surface area contributed by atoms with Crippen LogP contribution in [0.25, 0.3) is 0 Å². The minimum Gasteiger partial charge on any atom is -0.492 e. The van der Waals surface area contributed by atoms with E-state index in [9.17, 15) is 13.2 Å². The lowest BCUT2D eigenvalue weighted by Crippen LogP contribution is -2.07. The molecule has 0 aliphatic carbocycles. The molecule has 0 unspecified atom stereocenters. The van der Waals surface area contributed by atoms with Crippen LogP contribution in [-0.2, 0) is 6.18 Å². The molecule has 0 saturated carbocycles. The molecule has 2 nitrogen and oxygen atoms in total. The smallest absolute Gasteiger partial charge is 0.416 e. The summed E-state index contributed by atoms with van der Waals surface area (Å²) in [6.45, 7) is 0.141. The predicted octanol–water partition coefficient (Wildman–Crippen LogP) is 2.91. The molecule has 84 valence electrons. The number of nitrogen functional groups attached to an aromatic ring is 1. The van der Waals surface area contributed by atoms with E-state index < -0.39 is 11.7 Å². The Hall–Kier alpha value is -1.10. The standard InChI is InChI=1S/C9H9ClF3NO/c10-1-2-15-8-4-6(9(11,12)13)3-7(14)5-8/h3-5H,1-2,14H2. The first-order valence-electron chi connectivity index (χ1n) is 4.10. The molecule has 0 saturated heterocycles. The monoisotopic (exact) mass is 239 g/mol. The zero-order chi connectivity index (χ0) is 11.5. The molecule has 0 atom stereocenters. The maximum Gasteiger partial charge on any atom is 0.416 e. The summed E-state index contributed by atoms with van der Waals surface area (Å²) in [5.74, 6) is 0.277. The summed E-state index contributed by atoms with van der Waals surface area (Å²) in [6.07, 6.45) is -4.42. The van der Waals surface area contributed by atoms with Gasteiger partial charge < -0.3 is 10.5 Å².